The first-order chi connectivity index (χ1) is 10.4. The minimum atomic E-state index is -0.547. The van der Waals surface area contributed by atoms with Crippen molar-refractivity contribution in [2.75, 3.05) is 12.4 Å². The minimum Gasteiger partial charge on any atom is -0.495 e. The molecule has 116 valence electrons. The zero-order valence-corrected chi connectivity index (χ0v) is 14.6. The average molecular weight is 364 g/mol. The van der Waals surface area contributed by atoms with Gasteiger partial charge in [0.05, 0.1) is 12.8 Å². The van der Waals surface area contributed by atoms with Crippen molar-refractivity contribution in [2.45, 2.75) is 20.8 Å². The van der Waals surface area contributed by atoms with Crippen molar-refractivity contribution in [2.24, 2.45) is 0 Å². The fourth-order valence-corrected chi connectivity index (χ4v) is 2.48. The van der Waals surface area contributed by atoms with E-state index in [9.17, 15) is 4.79 Å². The highest BCUT2D eigenvalue weighted by molar-refractivity contribution is 9.10. The van der Waals surface area contributed by atoms with E-state index in [1.807, 2.05) is 45.0 Å². The van der Waals surface area contributed by atoms with Crippen LogP contribution in [0.1, 0.15) is 16.7 Å². The molecule has 2 rings (SSSR count). The number of carbonyl (C=O) groups is 1. The van der Waals surface area contributed by atoms with Crippen molar-refractivity contribution in [1.82, 2.24) is 0 Å². The maximum Gasteiger partial charge on any atom is 0.417 e. The number of aryl methyl sites for hydroxylation is 3. The molecule has 0 fully saturated rings. The maximum atomic E-state index is 12.1. The van der Waals surface area contributed by atoms with Gasteiger partial charge >= 0.3 is 6.09 Å². The van der Waals surface area contributed by atoms with Crippen LogP contribution in [0.4, 0.5) is 10.5 Å². The van der Waals surface area contributed by atoms with E-state index in [0.29, 0.717) is 17.2 Å². The Kier molecular flexibility index (Phi) is 5.08. The molecule has 4 nitrogen and oxygen atoms in total. The fraction of sp³-hybridized carbons (Fsp3) is 0.235. The number of carbonyl (C=O) groups excluding carboxylic acids is 1. The van der Waals surface area contributed by atoms with Crippen LogP contribution in [0.2, 0.25) is 0 Å². The minimum absolute atomic E-state index is 0.532. The Balaban J connectivity index is 2.17. The number of rotatable bonds is 3. The lowest BCUT2D eigenvalue weighted by molar-refractivity contribution is 0.214. The van der Waals surface area contributed by atoms with E-state index in [-0.39, 0.29) is 0 Å². The summed E-state index contributed by atoms with van der Waals surface area (Å²) < 4.78 is 11.6. The molecule has 5 heteroatoms. The Morgan fingerprint density at radius 1 is 1.05 bits per heavy atom. The predicted octanol–water partition coefficient (Wildman–Crippen LogP) is 4.99. The molecule has 1 N–H and O–H groups in total. The summed E-state index contributed by atoms with van der Waals surface area (Å²) in [6.07, 6.45) is -0.547. The maximum absolute atomic E-state index is 12.1. The summed E-state index contributed by atoms with van der Waals surface area (Å²) in [7, 11) is 1.56. The summed E-state index contributed by atoms with van der Waals surface area (Å²) in [6, 6.07) is 9.30. The first kappa shape index (κ1) is 16.4. The molecule has 0 heterocycles. The molecular formula is C17H18BrNO3. The summed E-state index contributed by atoms with van der Waals surface area (Å²) in [5.41, 5.74) is 3.48. The van der Waals surface area contributed by atoms with Gasteiger partial charge in [0.2, 0.25) is 0 Å². The van der Waals surface area contributed by atoms with Gasteiger partial charge in [-0.15, -0.1) is 0 Å². The van der Waals surface area contributed by atoms with Gasteiger partial charge in [0.25, 0.3) is 0 Å². The van der Waals surface area contributed by atoms with E-state index >= 15 is 0 Å². The number of anilines is 1. The second-order valence-corrected chi connectivity index (χ2v) is 5.94. The van der Waals surface area contributed by atoms with E-state index in [1.165, 1.54) is 0 Å². The van der Waals surface area contributed by atoms with Crippen molar-refractivity contribution in [1.29, 1.82) is 0 Å². The van der Waals surface area contributed by atoms with Crippen molar-refractivity contribution >= 4 is 27.7 Å². The molecule has 0 bridgehead atoms. The lowest BCUT2D eigenvalue weighted by Gasteiger charge is -2.13. The molecule has 22 heavy (non-hydrogen) atoms. The van der Waals surface area contributed by atoms with Crippen LogP contribution in [0.15, 0.2) is 34.8 Å². The molecule has 2 aromatic rings. The summed E-state index contributed by atoms with van der Waals surface area (Å²) in [5.74, 6) is 1.12. The number of amides is 1. The van der Waals surface area contributed by atoms with Crippen LogP contribution in [0.3, 0.4) is 0 Å². The zero-order valence-electron chi connectivity index (χ0n) is 13.0. The van der Waals surface area contributed by atoms with E-state index in [1.54, 1.807) is 13.2 Å². The van der Waals surface area contributed by atoms with Crippen molar-refractivity contribution in [3.8, 4) is 11.5 Å². The van der Waals surface area contributed by atoms with Gasteiger partial charge in [-0.2, -0.15) is 0 Å². The van der Waals surface area contributed by atoms with Crippen molar-refractivity contribution < 1.29 is 14.3 Å². The van der Waals surface area contributed by atoms with Gasteiger partial charge in [0.1, 0.15) is 11.5 Å². The molecule has 0 aliphatic carbocycles. The number of hydrogen-bond donors (Lipinski definition) is 1. The van der Waals surface area contributed by atoms with Crippen LogP contribution in [0.5, 0.6) is 11.5 Å². The normalized spacial score (nSPS) is 10.2. The highest BCUT2D eigenvalue weighted by Gasteiger charge is 2.12. The molecule has 0 saturated carbocycles. The van der Waals surface area contributed by atoms with E-state index < -0.39 is 6.09 Å². The van der Waals surface area contributed by atoms with E-state index in [2.05, 4.69) is 21.2 Å². The number of hydrogen-bond acceptors (Lipinski definition) is 3. The molecule has 1 amide bonds. The smallest absolute Gasteiger partial charge is 0.417 e. The van der Waals surface area contributed by atoms with Gasteiger partial charge in [0.15, 0.2) is 0 Å². The molecule has 0 radical (unpaired) electrons. The molecule has 0 aromatic heterocycles. The number of halogens is 1. The van der Waals surface area contributed by atoms with Gasteiger partial charge in [0, 0.05) is 4.47 Å². The summed E-state index contributed by atoms with van der Waals surface area (Å²) in [6.45, 7) is 5.77. The first-order valence-corrected chi connectivity index (χ1v) is 7.60. The third kappa shape index (κ3) is 3.80. The second-order valence-electron chi connectivity index (χ2n) is 5.09. The molecule has 2 aromatic carbocycles. The van der Waals surface area contributed by atoms with Crippen LogP contribution in [0, 0.1) is 20.8 Å². The number of benzene rings is 2. The predicted molar refractivity (Wildman–Crippen MR) is 91.0 cm³/mol. The highest BCUT2D eigenvalue weighted by atomic mass is 79.9. The van der Waals surface area contributed by atoms with Gasteiger partial charge in [-0.3, -0.25) is 5.32 Å². The van der Waals surface area contributed by atoms with E-state index in [4.69, 9.17) is 9.47 Å². The lowest BCUT2D eigenvalue weighted by atomic mass is 10.1. The van der Waals surface area contributed by atoms with Crippen LogP contribution in [-0.2, 0) is 0 Å². The van der Waals surface area contributed by atoms with Crippen LogP contribution < -0.4 is 14.8 Å². The molecule has 0 aliphatic rings. The van der Waals surface area contributed by atoms with Gasteiger partial charge in [-0.05, 0) is 61.7 Å². The number of nitrogens with one attached hydrogen (secondary N) is 1. The van der Waals surface area contributed by atoms with Crippen LogP contribution in [0.25, 0.3) is 0 Å². The van der Waals surface area contributed by atoms with Crippen molar-refractivity contribution in [3.63, 3.8) is 0 Å². The number of methoxy groups -OCH3 is 1. The van der Waals surface area contributed by atoms with Gasteiger partial charge in [-0.1, -0.05) is 22.0 Å². The average Bonchev–Trinajstić information content (AvgIpc) is 2.45. The second kappa shape index (κ2) is 6.83. The Hall–Kier alpha value is -2.01. The molecule has 0 unspecified atom stereocenters. The molecule has 0 aliphatic heterocycles. The molecule has 0 saturated heterocycles. The van der Waals surface area contributed by atoms with E-state index in [0.717, 1.165) is 21.2 Å². The fourth-order valence-electron chi connectivity index (χ4n) is 2.02. The Labute approximate surface area is 138 Å². The third-order valence-electron chi connectivity index (χ3n) is 3.25. The Morgan fingerprint density at radius 2 is 1.77 bits per heavy atom. The standard InChI is InChI=1S/C17H18BrNO3/c1-10-5-6-15(21-4)14(7-10)19-17(20)22-16-9-11(2)13(18)8-12(16)3/h5-9H,1-4H3,(H,19,20). The Morgan fingerprint density at radius 3 is 2.45 bits per heavy atom. The first-order valence-electron chi connectivity index (χ1n) is 6.81. The molecule has 0 spiro atoms. The van der Waals surface area contributed by atoms with Gasteiger partial charge in [-0.25, -0.2) is 4.79 Å². The number of ether oxygens (including phenoxy) is 2. The topological polar surface area (TPSA) is 47.6 Å². The third-order valence-corrected chi connectivity index (χ3v) is 4.10. The summed E-state index contributed by atoms with van der Waals surface area (Å²) in [4.78, 5) is 12.1. The summed E-state index contributed by atoms with van der Waals surface area (Å²) in [5, 5.41) is 2.71. The largest absolute Gasteiger partial charge is 0.495 e. The monoisotopic (exact) mass is 363 g/mol. The van der Waals surface area contributed by atoms with Crippen LogP contribution in [-0.4, -0.2) is 13.2 Å². The lowest BCUT2D eigenvalue weighted by Crippen LogP contribution is -2.18. The molecule has 0 atom stereocenters. The van der Waals surface area contributed by atoms with Crippen LogP contribution >= 0.6 is 15.9 Å². The SMILES string of the molecule is COc1ccc(C)cc1NC(=O)Oc1cc(C)c(Br)cc1C. The quantitative estimate of drug-likeness (QED) is 0.834. The highest BCUT2D eigenvalue weighted by Crippen LogP contribution is 2.28. The van der Waals surface area contributed by atoms with Gasteiger partial charge < -0.3 is 9.47 Å². The zero-order chi connectivity index (χ0) is 16.3. The Bertz CT molecular complexity index is 713. The van der Waals surface area contributed by atoms with Crippen molar-refractivity contribution in [3.05, 3.63) is 51.5 Å². The molecular weight excluding hydrogens is 346 g/mol. The summed E-state index contributed by atoms with van der Waals surface area (Å²) >= 11 is 3.45.